The fraction of sp³-hybridized carbons (Fsp3) is 0.118. The Morgan fingerprint density at radius 3 is 1.81 bits per heavy atom. The Morgan fingerprint density at radius 2 is 1.29 bits per heavy atom. The van der Waals surface area contributed by atoms with Gasteiger partial charge >= 0.3 is 0 Å². The Bertz CT molecular complexity index is 653. The van der Waals surface area contributed by atoms with E-state index in [9.17, 15) is 0 Å². The van der Waals surface area contributed by atoms with Crippen LogP contribution in [0.5, 0.6) is 0 Å². The van der Waals surface area contributed by atoms with Crippen LogP contribution in [-0.4, -0.2) is 22.5 Å². The van der Waals surface area contributed by atoms with Gasteiger partial charge < -0.3 is 4.98 Å². The van der Waals surface area contributed by atoms with Crippen molar-refractivity contribution in [3.8, 4) is 22.5 Å². The summed E-state index contributed by atoms with van der Waals surface area (Å²) >= 11 is 3.50. The molecular formula is C17H16N2S2. The molecule has 0 spiro atoms. The Balaban J connectivity index is 1.99. The third-order valence-electron chi connectivity index (χ3n) is 3.38. The van der Waals surface area contributed by atoms with Crippen molar-refractivity contribution in [2.75, 3.05) is 12.5 Å². The summed E-state index contributed by atoms with van der Waals surface area (Å²) in [5, 5.41) is 0. The van der Waals surface area contributed by atoms with Gasteiger partial charge in [0.2, 0.25) is 0 Å². The van der Waals surface area contributed by atoms with Crippen molar-refractivity contribution in [3.63, 3.8) is 0 Å². The summed E-state index contributed by atoms with van der Waals surface area (Å²) in [5.41, 5.74) is 4.37. The predicted molar refractivity (Wildman–Crippen MR) is 93.0 cm³/mol. The normalized spacial score (nSPS) is 10.8. The molecular weight excluding hydrogens is 296 g/mol. The van der Waals surface area contributed by atoms with Crippen molar-refractivity contribution in [1.82, 2.24) is 9.97 Å². The fourth-order valence-electron chi connectivity index (χ4n) is 2.24. The molecule has 106 valence electrons. The Kier molecular flexibility index (Phi) is 4.36. The maximum atomic E-state index is 4.49. The molecule has 0 radical (unpaired) electrons. The number of benzene rings is 2. The van der Waals surface area contributed by atoms with Gasteiger partial charge in [-0.05, 0) is 36.8 Å². The van der Waals surface area contributed by atoms with Gasteiger partial charge in [-0.1, -0.05) is 24.3 Å². The van der Waals surface area contributed by atoms with Crippen molar-refractivity contribution in [3.05, 3.63) is 54.9 Å². The molecule has 0 aliphatic rings. The van der Waals surface area contributed by atoms with Crippen LogP contribution in [0, 0.1) is 0 Å². The average Bonchev–Trinajstić information content (AvgIpc) is 3.04. The van der Waals surface area contributed by atoms with Gasteiger partial charge in [0.05, 0.1) is 17.7 Å². The number of rotatable bonds is 4. The number of hydrogen-bond acceptors (Lipinski definition) is 3. The second-order valence-corrected chi connectivity index (χ2v) is 6.34. The molecule has 1 N–H and O–H groups in total. The maximum absolute atomic E-state index is 4.49. The predicted octanol–water partition coefficient (Wildman–Crippen LogP) is 5.19. The van der Waals surface area contributed by atoms with Crippen LogP contribution in [-0.2, 0) is 0 Å². The lowest BCUT2D eigenvalue weighted by atomic mass is 10.1. The minimum absolute atomic E-state index is 1.000. The Hall–Kier alpha value is -1.65. The van der Waals surface area contributed by atoms with Crippen LogP contribution in [0.2, 0.25) is 0 Å². The van der Waals surface area contributed by atoms with Gasteiger partial charge in [0, 0.05) is 20.9 Å². The van der Waals surface area contributed by atoms with Crippen molar-refractivity contribution in [1.29, 1.82) is 0 Å². The summed E-state index contributed by atoms with van der Waals surface area (Å²) < 4.78 is 0. The highest BCUT2D eigenvalue weighted by Crippen LogP contribution is 2.31. The minimum Gasteiger partial charge on any atom is -0.344 e. The molecule has 3 rings (SSSR count). The maximum Gasteiger partial charge on any atom is 0.0961 e. The second kappa shape index (κ2) is 6.41. The van der Waals surface area contributed by atoms with Crippen molar-refractivity contribution in [2.24, 2.45) is 0 Å². The molecule has 0 aliphatic carbocycles. The van der Waals surface area contributed by atoms with Gasteiger partial charge in [-0.25, -0.2) is 4.98 Å². The monoisotopic (exact) mass is 312 g/mol. The van der Waals surface area contributed by atoms with E-state index < -0.39 is 0 Å². The second-order valence-electron chi connectivity index (χ2n) is 4.58. The smallest absolute Gasteiger partial charge is 0.0961 e. The first kappa shape index (κ1) is 14.3. The molecule has 3 aromatic rings. The zero-order valence-corrected chi connectivity index (χ0v) is 13.6. The zero-order chi connectivity index (χ0) is 14.7. The van der Waals surface area contributed by atoms with Gasteiger partial charge in [0.25, 0.3) is 0 Å². The van der Waals surface area contributed by atoms with E-state index in [0.29, 0.717) is 0 Å². The highest BCUT2D eigenvalue weighted by molar-refractivity contribution is 7.98. The van der Waals surface area contributed by atoms with E-state index >= 15 is 0 Å². The highest BCUT2D eigenvalue weighted by atomic mass is 32.2. The molecule has 0 aliphatic heterocycles. The zero-order valence-electron chi connectivity index (χ0n) is 12.0. The molecule has 0 saturated heterocycles. The van der Waals surface area contributed by atoms with Gasteiger partial charge in [-0.3, -0.25) is 0 Å². The number of hydrogen-bond donors (Lipinski definition) is 1. The van der Waals surface area contributed by atoms with E-state index in [1.807, 2.05) is 0 Å². The topological polar surface area (TPSA) is 28.7 Å². The van der Waals surface area contributed by atoms with E-state index in [1.54, 1.807) is 29.9 Å². The molecule has 0 bridgehead atoms. The molecule has 1 aromatic heterocycles. The first-order chi connectivity index (χ1) is 10.3. The molecule has 21 heavy (non-hydrogen) atoms. The Morgan fingerprint density at radius 1 is 0.762 bits per heavy atom. The SMILES string of the molecule is CSc1ccc(-c2nc[nH]c2-c2ccc(SC)cc2)cc1. The molecule has 0 amide bonds. The van der Waals surface area contributed by atoms with E-state index in [-0.39, 0.29) is 0 Å². The lowest BCUT2D eigenvalue weighted by molar-refractivity contribution is 1.31. The third-order valence-corrected chi connectivity index (χ3v) is 4.87. The van der Waals surface area contributed by atoms with Crippen LogP contribution in [0.25, 0.3) is 22.5 Å². The first-order valence-corrected chi connectivity index (χ1v) is 9.09. The largest absolute Gasteiger partial charge is 0.344 e. The van der Waals surface area contributed by atoms with Gasteiger partial charge in [0.15, 0.2) is 0 Å². The van der Waals surface area contributed by atoms with Crippen LogP contribution in [0.4, 0.5) is 0 Å². The number of nitrogens with zero attached hydrogens (tertiary/aromatic N) is 1. The molecule has 1 heterocycles. The molecule has 4 heteroatoms. The van der Waals surface area contributed by atoms with Crippen LogP contribution in [0.15, 0.2) is 64.6 Å². The summed E-state index contributed by atoms with van der Waals surface area (Å²) in [7, 11) is 0. The van der Waals surface area contributed by atoms with Crippen LogP contribution in [0.3, 0.4) is 0 Å². The van der Waals surface area contributed by atoms with Crippen molar-refractivity contribution >= 4 is 23.5 Å². The van der Waals surface area contributed by atoms with E-state index in [0.717, 1.165) is 22.5 Å². The van der Waals surface area contributed by atoms with E-state index in [4.69, 9.17) is 0 Å². The van der Waals surface area contributed by atoms with Crippen LogP contribution < -0.4 is 0 Å². The molecule has 0 saturated carbocycles. The van der Waals surface area contributed by atoms with Crippen molar-refractivity contribution in [2.45, 2.75) is 9.79 Å². The first-order valence-electron chi connectivity index (χ1n) is 6.64. The number of aromatic amines is 1. The van der Waals surface area contributed by atoms with Crippen LogP contribution >= 0.6 is 23.5 Å². The van der Waals surface area contributed by atoms with Gasteiger partial charge in [-0.15, -0.1) is 23.5 Å². The lowest BCUT2D eigenvalue weighted by Crippen LogP contribution is -1.84. The average molecular weight is 312 g/mol. The summed E-state index contributed by atoms with van der Waals surface area (Å²) in [6.07, 6.45) is 5.93. The molecule has 2 nitrogen and oxygen atoms in total. The van der Waals surface area contributed by atoms with E-state index in [2.05, 4.69) is 71.0 Å². The summed E-state index contributed by atoms with van der Waals surface area (Å²) in [4.78, 5) is 10.3. The highest BCUT2D eigenvalue weighted by Gasteiger charge is 2.10. The standard InChI is InChI=1S/C17H16N2S2/c1-20-14-7-3-12(4-8-14)16-17(19-11-18-16)13-5-9-15(21-2)10-6-13/h3-11H,1-2H3,(H,18,19). The number of aromatic nitrogens is 2. The summed E-state index contributed by atoms with van der Waals surface area (Å²) in [6, 6.07) is 17.1. The van der Waals surface area contributed by atoms with E-state index in [1.165, 1.54) is 9.79 Å². The Labute approximate surface area is 133 Å². The quantitative estimate of drug-likeness (QED) is 0.672. The van der Waals surface area contributed by atoms with Crippen LogP contribution in [0.1, 0.15) is 0 Å². The lowest BCUT2D eigenvalue weighted by Gasteiger charge is -2.05. The van der Waals surface area contributed by atoms with Gasteiger partial charge in [-0.2, -0.15) is 0 Å². The molecule has 0 fully saturated rings. The molecule has 0 atom stereocenters. The minimum atomic E-state index is 1.000. The summed E-state index contributed by atoms with van der Waals surface area (Å²) in [5.74, 6) is 0. The molecule has 2 aromatic carbocycles. The number of imidazole rings is 1. The number of thioether (sulfide) groups is 2. The van der Waals surface area contributed by atoms with Crippen molar-refractivity contribution < 1.29 is 0 Å². The number of nitrogens with one attached hydrogen (secondary N) is 1. The molecule has 0 unspecified atom stereocenters. The van der Waals surface area contributed by atoms with Gasteiger partial charge in [0.1, 0.15) is 0 Å². The summed E-state index contributed by atoms with van der Waals surface area (Å²) in [6.45, 7) is 0. The number of H-pyrrole nitrogens is 1. The fourth-order valence-corrected chi connectivity index (χ4v) is 3.06. The third kappa shape index (κ3) is 3.01.